The molecule has 0 unspecified atom stereocenters. The number of benzene rings is 2. The van der Waals surface area contributed by atoms with Crippen LogP contribution >= 0.6 is 15.9 Å². The van der Waals surface area contributed by atoms with Crippen LogP contribution in [0.25, 0.3) is 11.5 Å². The minimum Gasteiger partial charge on any atom is -0.484 e. The van der Waals surface area contributed by atoms with Gasteiger partial charge in [-0.2, -0.15) is 0 Å². The number of carbonyl (C=O) groups excluding carboxylic acids is 1. The van der Waals surface area contributed by atoms with E-state index in [1.807, 2.05) is 42.5 Å². The van der Waals surface area contributed by atoms with Crippen LogP contribution in [0.4, 0.5) is 0 Å². The van der Waals surface area contributed by atoms with E-state index in [1.54, 1.807) is 12.1 Å². The fraction of sp³-hybridized carbons (Fsp3) is 0.167. The van der Waals surface area contributed by atoms with Gasteiger partial charge in [0.15, 0.2) is 6.61 Å². The molecule has 25 heavy (non-hydrogen) atoms. The lowest BCUT2D eigenvalue weighted by Gasteiger charge is -2.06. The molecule has 0 atom stereocenters. The van der Waals surface area contributed by atoms with E-state index in [9.17, 15) is 4.79 Å². The van der Waals surface area contributed by atoms with Gasteiger partial charge in [0.1, 0.15) is 5.75 Å². The van der Waals surface area contributed by atoms with Crippen LogP contribution in [0, 0.1) is 0 Å². The van der Waals surface area contributed by atoms with Crippen LogP contribution in [-0.2, 0) is 11.2 Å². The molecule has 0 aliphatic rings. The molecule has 7 heteroatoms. The predicted molar refractivity (Wildman–Crippen MR) is 96.1 cm³/mol. The molecule has 2 aromatic carbocycles. The smallest absolute Gasteiger partial charge is 0.257 e. The second kappa shape index (κ2) is 8.43. The normalized spacial score (nSPS) is 10.4. The third kappa shape index (κ3) is 5.15. The van der Waals surface area contributed by atoms with Crippen molar-refractivity contribution in [1.29, 1.82) is 0 Å². The molecule has 0 spiro atoms. The first-order chi connectivity index (χ1) is 12.2. The van der Waals surface area contributed by atoms with E-state index in [0.717, 1.165) is 10.0 Å². The number of hydrogen-bond donors (Lipinski definition) is 1. The molecule has 3 aromatic rings. The summed E-state index contributed by atoms with van der Waals surface area (Å²) in [6.07, 6.45) is 0.462. The summed E-state index contributed by atoms with van der Waals surface area (Å²) in [7, 11) is 0. The van der Waals surface area contributed by atoms with Gasteiger partial charge in [-0.1, -0.05) is 34.1 Å². The van der Waals surface area contributed by atoms with Crippen molar-refractivity contribution >= 4 is 21.8 Å². The summed E-state index contributed by atoms with van der Waals surface area (Å²) in [6, 6.07) is 16.8. The number of nitrogens with one attached hydrogen (secondary N) is 1. The molecule has 0 aliphatic carbocycles. The SMILES string of the molecule is O=C(COc1ccc(Br)cc1)NCCc1nnc(-c2ccccc2)o1. The van der Waals surface area contributed by atoms with E-state index in [0.29, 0.717) is 30.5 Å². The summed E-state index contributed by atoms with van der Waals surface area (Å²) in [5, 5.41) is 10.8. The van der Waals surface area contributed by atoms with Crippen LogP contribution in [0.1, 0.15) is 5.89 Å². The molecular formula is C18H16BrN3O3. The molecule has 6 nitrogen and oxygen atoms in total. The Kier molecular flexibility index (Phi) is 5.79. The number of aromatic nitrogens is 2. The van der Waals surface area contributed by atoms with Crippen LogP contribution in [0.5, 0.6) is 5.75 Å². The van der Waals surface area contributed by atoms with Crippen LogP contribution in [0.3, 0.4) is 0 Å². The van der Waals surface area contributed by atoms with Gasteiger partial charge in [-0.3, -0.25) is 4.79 Å². The van der Waals surface area contributed by atoms with Gasteiger partial charge in [-0.25, -0.2) is 0 Å². The quantitative estimate of drug-likeness (QED) is 0.657. The Morgan fingerprint density at radius 3 is 2.60 bits per heavy atom. The van der Waals surface area contributed by atoms with Gasteiger partial charge < -0.3 is 14.5 Å². The molecule has 128 valence electrons. The zero-order valence-electron chi connectivity index (χ0n) is 13.3. The van der Waals surface area contributed by atoms with Crippen LogP contribution in [-0.4, -0.2) is 29.3 Å². The molecule has 0 saturated carbocycles. The zero-order valence-corrected chi connectivity index (χ0v) is 14.9. The number of amides is 1. The topological polar surface area (TPSA) is 77.2 Å². The molecule has 0 radical (unpaired) electrons. The Morgan fingerprint density at radius 1 is 1.08 bits per heavy atom. The van der Waals surface area contributed by atoms with Gasteiger partial charge in [-0.05, 0) is 36.4 Å². The Labute approximate surface area is 153 Å². The number of ether oxygens (including phenoxy) is 1. The predicted octanol–water partition coefficient (Wildman–Crippen LogP) is 3.24. The maximum atomic E-state index is 11.8. The highest BCUT2D eigenvalue weighted by molar-refractivity contribution is 9.10. The van der Waals surface area contributed by atoms with E-state index in [2.05, 4.69) is 31.4 Å². The second-order valence-corrected chi connectivity index (χ2v) is 6.13. The second-order valence-electron chi connectivity index (χ2n) is 5.21. The molecule has 1 heterocycles. The Balaban J connectivity index is 1.41. The lowest BCUT2D eigenvalue weighted by atomic mass is 10.2. The van der Waals surface area contributed by atoms with Gasteiger partial charge in [0, 0.05) is 23.0 Å². The van der Waals surface area contributed by atoms with Crippen LogP contribution < -0.4 is 10.1 Å². The maximum Gasteiger partial charge on any atom is 0.257 e. The van der Waals surface area contributed by atoms with Crippen molar-refractivity contribution in [2.45, 2.75) is 6.42 Å². The summed E-state index contributed by atoms with van der Waals surface area (Å²) in [5.41, 5.74) is 0.869. The molecule has 1 N–H and O–H groups in total. The summed E-state index contributed by atoms with van der Waals surface area (Å²) >= 11 is 3.34. The van der Waals surface area contributed by atoms with Crippen molar-refractivity contribution < 1.29 is 13.9 Å². The van der Waals surface area contributed by atoms with Crippen LogP contribution in [0.2, 0.25) is 0 Å². The van der Waals surface area contributed by atoms with Gasteiger partial charge >= 0.3 is 0 Å². The summed E-state index contributed by atoms with van der Waals surface area (Å²) in [6.45, 7) is 0.361. The molecule has 0 bridgehead atoms. The fourth-order valence-electron chi connectivity index (χ4n) is 2.09. The molecule has 1 amide bonds. The van der Waals surface area contributed by atoms with Crippen molar-refractivity contribution in [1.82, 2.24) is 15.5 Å². The minimum absolute atomic E-state index is 0.0409. The highest BCUT2D eigenvalue weighted by atomic mass is 79.9. The number of halogens is 1. The third-order valence-electron chi connectivity index (χ3n) is 3.33. The van der Waals surface area contributed by atoms with Crippen LogP contribution in [0.15, 0.2) is 63.5 Å². The number of carbonyl (C=O) groups is 1. The van der Waals surface area contributed by atoms with E-state index >= 15 is 0 Å². The first-order valence-electron chi connectivity index (χ1n) is 7.73. The Morgan fingerprint density at radius 2 is 1.84 bits per heavy atom. The van der Waals surface area contributed by atoms with Gasteiger partial charge in [0.05, 0.1) is 0 Å². The third-order valence-corrected chi connectivity index (χ3v) is 3.86. The van der Waals surface area contributed by atoms with Crippen molar-refractivity contribution in [2.75, 3.05) is 13.2 Å². The van der Waals surface area contributed by atoms with Crippen molar-refractivity contribution in [2.24, 2.45) is 0 Å². The Hall–Kier alpha value is -2.67. The molecule has 0 saturated heterocycles. The summed E-state index contributed by atoms with van der Waals surface area (Å²) in [5.74, 6) is 1.39. The molecule has 3 rings (SSSR count). The lowest BCUT2D eigenvalue weighted by Crippen LogP contribution is -2.30. The minimum atomic E-state index is -0.203. The van der Waals surface area contributed by atoms with E-state index < -0.39 is 0 Å². The van der Waals surface area contributed by atoms with Crippen molar-refractivity contribution in [3.05, 3.63) is 65.0 Å². The molecule has 0 aliphatic heterocycles. The van der Waals surface area contributed by atoms with Crippen molar-refractivity contribution in [3.63, 3.8) is 0 Å². The Bertz CT molecular complexity index is 819. The highest BCUT2D eigenvalue weighted by Crippen LogP contribution is 2.17. The summed E-state index contributed by atoms with van der Waals surface area (Å²) < 4.78 is 11.9. The number of rotatable bonds is 7. The van der Waals surface area contributed by atoms with Gasteiger partial charge in [-0.15, -0.1) is 10.2 Å². The standard InChI is InChI=1S/C18H16BrN3O3/c19-14-6-8-15(9-7-14)24-12-16(23)20-11-10-17-21-22-18(25-17)13-4-2-1-3-5-13/h1-9H,10-12H2,(H,20,23). The molecule has 0 fully saturated rings. The van der Waals surface area contributed by atoms with E-state index in [1.165, 1.54) is 0 Å². The van der Waals surface area contributed by atoms with E-state index in [-0.39, 0.29) is 12.5 Å². The first-order valence-corrected chi connectivity index (χ1v) is 8.53. The van der Waals surface area contributed by atoms with Gasteiger partial charge in [0.2, 0.25) is 11.8 Å². The summed E-state index contributed by atoms with van der Waals surface area (Å²) in [4.78, 5) is 11.8. The monoisotopic (exact) mass is 401 g/mol. The van der Waals surface area contributed by atoms with Gasteiger partial charge in [0.25, 0.3) is 5.91 Å². The van der Waals surface area contributed by atoms with E-state index in [4.69, 9.17) is 9.15 Å². The maximum absolute atomic E-state index is 11.8. The average Bonchev–Trinajstić information content (AvgIpc) is 3.11. The molecular weight excluding hydrogens is 386 g/mol. The largest absolute Gasteiger partial charge is 0.484 e. The average molecular weight is 402 g/mol. The number of hydrogen-bond acceptors (Lipinski definition) is 5. The molecule has 1 aromatic heterocycles. The fourth-order valence-corrected chi connectivity index (χ4v) is 2.36. The lowest BCUT2D eigenvalue weighted by molar-refractivity contribution is -0.123. The zero-order chi connectivity index (χ0) is 17.5. The first kappa shape index (κ1) is 17.2. The highest BCUT2D eigenvalue weighted by Gasteiger charge is 2.09. The number of nitrogens with zero attached hydrogens (tertiary/aromatic N) is 2. The van der Waals surface area contributed by atoms with Crippen molar-refractivity contribution in [3.8, 4) is 17.2 Å².